The van der Waals surface area contributed by atoms with Crippen LogP contribution in [0.3, 0.4) is 0 Å². The summed E-state index contributed by atoms with van der Waals surface area (Å²) in [5.74, 6) is -1.01. The van der Waals surface area contributed by atoms with Gasteiger partial charge in [-0.05, 0) is 42.0 Å². The zero-order valence-corrected chi connectivity index (χ0v) is 15.0. The number of carboxylic acid groups (broad SMARTS) is 1. The Morgan fingerprint density at radius 3 is 2.64 bits per heavy atom. The van der Waals surface area contributed by atoms with Crippen molar-refractivity contribution < 1.29 is 14.7 Å². The molecule has 0 saturated carbocycles. The van der Waals surface area contributed by atoms with E-state index < -0.39 is 5.97 Å². The number of aromatic nitrogens is 2. The van der Waals surface area contributed by atoms with Crippen molar-refractivity contribution >= 4 is 11.9 Å². The first-order valence-corrected chi connectivity index (χ1v) is 8.39. The highest BCUT2D eigenvalue weighted by molar-refractivity contribution is 5.85. The van der Waals surface area contributed by atoms with Crippen molar-refractivity contribution in [3.05, 3.63) is 47.8 Å². The Hall–Kier alpha value is -2.63. The van der Waals surface area contributed by atoms with Crippen LogP contribution in [0.4, 0.5) is 0 Å². The summed E-state index contributed by atoms with van der Waals surface area (Å²) >= 11 is 0. The predicted molar refractivity (Wildman–Crippen MR) is 95.7 cm³/mol. The van der Waals surface area contributed by atoms with Crippen molar-refractivity contribution in [3.8, 4) is 5.69 Å². The lowest BCUT2D eigenvalue weighted by Crippen LogP contribution is -2.23. The Labute approximate surface area is 147 Å². The Morgan fingerprint density at radius 1 is 1.24 bits per heavy atom. The maximum atomic E-state index is 11.9. The molecule has 0 radical (unpaired) electrons. The van der Waals surface area contributed by atoms with Gasteiger partial charge in [0.25, 0.3) is 0 Å². The number of aromatic carboxylic acids is 1. The summed E-state index contributed by atoms with van der Waals surface area (Å²) < 4.78 is 1.51. The molecule has 134 valence electrons. The minimum atomic E-state index is -1.06. The zero-order chi connectivity index (χ0) is 18.4. The highest BCUT2D eigenvalue weighted by atomic mass is 16.4. The first kappa shape index (κ1) is 18.7. The summed E-state index contributed by atoms with van der Waals surface area (Å²) in [5, 5.41) is 15.9. The van der Waals surface area contributed by atoms with Gasteiger partial charge in [-0.15, -0.1) is 0 Å². The van der Waals surface area contributed by atoms with E-state index in [9.17, 15) is 9.59 Å². The lowest BCUT2D eigenvalue weighted by molar-refractivity contribution is -0.121. The van der Waals surface area contributed by atoms with Gasteiger partial charge < -0.3 is 10.4 Å². The molecule has 0 spiro atoms. The fourth-order valence-corrected chi connectivity index (χ4v) is 2.46. The molecule has 0 atom stereocenters. The molecule has 0 aliphatic heterocycles. The maximum absolute atomic E-state index is 11.9. The largest absolute Gasteiger partial charge is 0.476 e. The standard InChI is InChI=1S/C19H25N3O3/c1-19(2,3)10-5-8-17(23)20-13-14-6-4-7-15(12-14)22-11-9-16(21-22)18(24)25/h4,6-7,9,11-12H,5,8,10,13H2,1-3H3,(H,20,23)(H,24,25). The van der Waals surface area contributed by atoms with Gasteiger partial charge in [0.15, 0.2) is 5.69 Å². The third-order valence-electron chi connectivity index (χ3n) is 3.80. The van der Waals surface area contributed by atoms with Gasteiger partial charge >= 0.3 is 5.97 Å². The van der Waals surface area contributed by atoms with E-state index in [2.05, 4.69) is 31.2 Å². The monoisotopic (exact) mass is 343 g/mol. The number of amides is 1. The van der Waals surface area contributed by atoms with Crippen molar-refractivity contribution in [2.24, 2.45) is 5.41 Å². The van der Waals surface area contributed by atoms with Crippen molar-refractivity contribution in [1.82, 2.24) is 15.1 Å². The third kappa shape index (κ3) is 6.06. The van der Waals surface area contributed by atoms with Gasteiger partial charge in [0.2, 0.25) is 5.91 Å². The van der Waals surface area contributed by atoms with Gasteiger partial charge in [0.05, 0.1) is 5.69 Å². The molecule has 1 aromatic heterocycles. The topological polar surface area (TPSA) is 84.2 Å². The molecule has 2 rings (SSSR count). The first-order valence-electron chi connectivity index (χ1n) is 8.39. The molecular weight excluding hydrogens is 318 g/mol. The van der Waals surface area contributed by atoms with Crippen LogP contribution in [-0.4, -0.2) is 26.8 Å². The number of rotatable bonds is 7. The summed E-state index contributed by atoms with van der Waals surface area (Å²) in [6.45, 7) is 6.94. The Morgan fingerprint density at radius 2 is 2.00 bits per heavy atom. The number of carbonyl (C=O) groups excluding carboxylic acids is 1. The second-order valence-corrected chi connectivity index (χ2v) is 7.31. The number of hydrogen-bond donors (Lipinski definition) is 2. The Bertz CT molecular complexity index is 744. The van der Waals surface area contributed by atoms with E-state index in [4.69, 9.17) is 5.11 Å². The number of carbonyl (C=O) groups is 2. The summed E-state index contributed by atoms with van der Waals surface area (Å²) in [4.78, 5) is 22.9. The Kier molecular flexibility index (Phi) is 5.96. The second-order valence-electron chi connectivity index (χ2n) is 7.31. The second kappa shape index (κ2) is 7.96. The van der Waals surface area contributed by atoms with Crippen molar-refractivity contribution in [1.29, 1.82) is 0 Å². The molecule has 25 heavy (non-hydrogen) atoms. The molecule has 1 aromatic carbocycles. The fourth-order valence-electron chi connectivity index (χ4n) is 2.46. The molecule has 1 heterocycles. The third-order valence-corrected chi connectivity index (χ3v) is 3.80. The van der Waals surface area contributed by atoms with Gasteiger partial charge in [-0.1, -0.05) is 32.9 Å². The Balaban J connectivity index is 1.90. The lowest BCUT2D eigenvalue weighted by atomic mass is 9.90. The van der Waals surface area contributed by atoms with Gasteiger partial charge in [0.1, 0.15) is 0 Å². The molecule has 0 aliphatic rings. The maximum Gasteiger partial charge on any atom is 0.356 e. The van der Waals surface area contributed by atoms with Crippen LogP contribution in [0, 0.1) is 5.41 Å². The molecule has 0 unspecified atom stereocenters. The molecule has 0 bridgehead atoms. The highest BCUT2D eigenvalue weighted by Crippen LogP contribution is 2.21. The van der Waals surface area contributed by atoms with Crippen LogP contribution in [0.2, 0.25) is 0 Å². The van der Waals surface area contributed by atoms with Crippen LogP contribution in [0.5, 0.6) is 0 Å². The fraction of sp³-hybridized carbons (Fsp3) is 0.421. The highest BCUT2D eigenvalue weighted by Gasteiger charge is 2.11. The number of benzene rings is 1. The summed E-state index contributed by atoms with van der Waals surface area (Å²) in [6, 6.07) is 8.95. The van der Waals surface area contributed by atoms with Crippen LogP contribution in [0.1, 0.15) is 56.1 Å². The SMILES string of the molecule is CC(C)(C)CCCC(=O)NCc1cccc(-n2ccc(C(=O)O)n2)c1. The first-order chi connectivity index (χ1) is 11.7. The molecule has 2 aromatic rings. The number of hydrogen-bond acceptors (Lipinski definition) is 3. The molecule has 0 saturated heterocycles. The molecule has 0 aliphatic carbocycles. The van der Waals surface area contributed by atoms with E-state index in [-0.39, 0.29) is 17.0 Å². The van der Waals surface area contributed by atoms with E-state index in [1.165, 1.54) is 10.7 Å². The quantitative estimate of drug-likeness (QED) is 0.807. The average Bonchev–Trinajstić information content (AvgIpc) is 3.02. The molecular formula is C19H25N3O3. The van der Waals surface area contributed by atoms with E-state index in [1.54, 1.807) is 6.20 Å². The van der Waals surface area contributed by atoms with E-state index in [0.29, 0.717) is 13.0 Å². The van der Waals surface area contributed by atoms with Gasteiger partial charge in [0, 0.05) is 19.2 Å². The molecule has 6 heteroatoms. The minimum Gasteiger partial charge on any atom is -0.476 e. The van der Waals surface area contributed by atoms with Crippen LogP contribution in [-0.2, 0) is 11.3 Å². The van der Waals surface area contributed by atoms with Crippen molar-refractivity contribution in [2.45, 2.75) is 46.6 Å². The van der Waals surface area contributed by atoms with Gasteiger partial charge in [-0.25, -0.2) is 9.48 Å². The molecule has 6 nitrogen and oxygen atoms in total. The smallest absolute Gasteiger partial charge is 0.356 e. The normalized spacial score (nSPS) is 11.3. The zero-order valence-electron chi connectivity index (χ0n) is 15.0. The minimum absolute atomic E-state index is 0.00226. The van der Waals surface area contributed by atoms with E-state index >= 15 is 0 Å². The molecule has 2 N–H and O–H groups in total. The number of carboxylic acids is 1. The molecule has 1 amide bonds. The van der Waals surface area contributed by atoms with E-state index in [1.807, 2.05) is 24.3 Å². The van der Waals surface area contributed by atoms with E-state index in [0.717, 1.165) is 24.1 Å². The summed E-state index contributed by atoms with van der Waals surface area (Å²) in [6.07, 6.45) is 4.02. The van der Waals surface area contributed by atoms with Crippen LogP contribution in [0.25, 0.3) is 5.69 Å². The van der Waals surface area contributed by atoms with Crippen LogP contribution < -0.4 is 5.32 Å². The van der Waals surface area contributed by atoms with Gasteiger partial charge in [-0.2, -0.15) is 5.10 Å². The van der Waals surface area contributed by atoms with Crippen LogP contribution >= 0.6 is 0 Å². The summed E-state index contributed by atoms with van der Waals surface area (Å²) in [7, 11) is 0. The lowest BCUT2D eigenvalue weighted by Gasteiger charge is -2.17. The average molecular weight is 343 g/mol. The number of nitrogens with zero attached hydrogens (tertiary/aromatic N) is 2. The number of nitrogens with one attached hydrogen (secondary N) is 1. The van der Waals surface area contributed by atoms with Crippen LogP contribution in [0.15, 0.2) is 36.5 Å². The van der Waals surface area contributed by atoms with Gasteiger partial charge in [-0.3, -0.25) is 4.79 Å². The molecule has 0 fully saturated rings. The summed E-state index contributed by atoms with van der Waals surface area (Å²) in [5.41, 5.74) is 1.94. The van der Waals surface area contributed by atoms with Crippen molar-refractivity contribution in [2.75, 3.05) is 0 Å². The predicted octanol–water partition coefficient (Wildman–Crippen LogP) is 3.40. The van der Waals surface area contributed by atoms with Crippen molar-refractivity contribution in [3.63, 3.8) is 0 Å².